The third-order valence-corrected chi connectivity index (χ3v) is 13.1. The number of carbonyl (C=O) groups is 4. The lowest BCUT2D eigenvalue weighted by Crippen LogP contribution is -2.35. The summed E-state index contributed by atoms with van der Waals surface area (Å²) in [4.78, 5) is 47.8. The molecule has 2 aromatic carbocycles. The molecule has 16 nitrogen and oxygen atoms in total. The Morgan fingerprint density at radius 2 is 1.31 bits per heavy atom. The van der Waals surface area contributed by atoms with Crippen LogP contribution in [0.15, 0.2) is 82.3 Å². The van der Waals surface area contributed by atoms with Crippen molar-refractivity contribution in [3.05, 3.63) is 83.6 Å². The van der Waals surface area contributed by atoms with E-state index < -0.39 is 48.7 Å². The lowest BCUT2D eigenvalue weighted by Gasteiger charge is -2.23. The Morgan fingerprint density at radius 1 is 0.759 bits per heavy atom. The van der Waals surface area contributed by atoms with Gasteiger partial charge in [0.1, 0.15) is 7.05 Å². The van der Waals surface area contributed by atoms with E-state index in [4.69, 9.17) is 5.11 Å². The van der Waals surface area contributed by atoms with Crippen LogP contribution in [0, 0.1) is 0 Å². The van der Waals surface area contributed by atoms with Crippen molar-refractivity contribution in [1.29, 1.82) is 0 Å². The first-order valence-corrected chi connectivity index (χ1v) is 21.6. The first kappa shape index (κ1) is 45.5. The lowest BCUT2D eigenvalue weighted by molar-refractivity contribution is -0.401. The molecular formula is C40H53N6O10S2+. The molecule has 58 heavy (non-hydrogen) atoms. The zero-order chi connectivity index (χ0) is 43.1. The second-order valence-electron chi connectivity index (χ2n) is 14.9. The van der Waals surface area contributed by atoms with Crippen LogP contribution in [0.4, 0.5) is 11.4 Å². The number of carboxylic acids is 1. The molecule has 0 aromatic heterocycles. The average Bonchev–Trinajstić information content (AvgIpc) is 3.48. The second-order valence-corrected chi connectivity index (χ2v) is 18.4. The smallest absolute Gasteiger partial charge is 0.306 e. The fourth-order valence-corrected chi connectivity index (χ4v) is 9.09. The molecule has 18 heteroatoms. The standard InChI is InChI=1S/C40H52N6O10S2/c1-39(2)29-25-27(57(52,53)43-23-21-41-35(47)17-19-37(49)50)13-15-31(29)45(5)33(39)11-9-8-10-12-34-40(3,4)30-26-28(14-16-32(30)46(34)6)58(54,55)44-24-22-42-36(48)18-20-38(51)56-7/h8-16,25-26,43-44H,17-24H2,1-7H3,(H2-,41,42,47,48,49,50)/p+1. The van der Waals surface area contributed by atoms with Crippen molar-refractivity contribution < 1.29 is 50.4 Å². The topological polar surface area (TPSA) is 220 Å². The second kappa shape index (κ2) is 18.6. The summed E-state index contributed by atoms with van der Waals surface area (Å²) in [5.41, 5.74) is 4.21. The molecule has 314 valence electrons. The van der Waals surface area contributed by atoms with Gasteiger partial charge in [-0.15, -0.1) is 0 Å². The maximum Gasteiger partial charge on any atom is 0.306 e. The SMILES string of the molecule is COC(=O)CCC(=O)NCCNS(=O)(=O)c1ccc2c(c1)C(C)(C)C(\C=C/C=C/C=C1/N(C)c3ccc(S(=O)(=O)NCCNC(=O)CCC(=O)O)cc3C1(C)C)=[N+]2C. The number of ether oxygens (including phenoxy) is 1. The number of likely N-dealkylation sites (N-methyl/N-ethyl adjacent to an activating group) is 1. The van der Waals surface area contributed by atoms with E-state index in [2.05, 4.69) is 24.8 Å². The minimum Gasteiger partial charge on any atom is -0.481 e. The molecule has 2 aromatic rings. The van der Waals surface area contributed by atoms with Crippen molar-refractivity contribution in [3.63, 3.8) is 0 Å². The van der Waals surface area contributed by atoms with Crippen LogP contribution >= 0.6 is 0 Å². The van der Waals surface area contributed by atoms with Crippen molar-refractivity contribution in [1.82, 2.24) is 20.1 Å². The minimum absolute atomic E-state index is 0.0154. The maximum atomic E-state index is 13.2. The molecule has 0 fully saturated rings. The Balaban J connectivity index is 1.39. The van der Waals surface area contributed by atoms with E-state index in [1.807, 2.05) is 81.6 Å². The van der Waals surface area contributed by atoms with E-state index in [0.29, 0.717) is 0 Å². The predicted octanol–water partition coefficient (Wildman–Crippen LogP) is 2.72. The highest BCUT2D eigenvalue weighted by Crippen LogP contribution is 2.47. The molecule has 4 rings (SSSR count). The molecular weight excluding hydrogens is 789 g/mol. The van der Waals surface area contributed by atoms with Crippen LogP contribution in [-0.4, -0.2) is 103 Å². The molecule has 5 N–H and O–H groups in total. The van der Waals surface area contributed by atoms with Gasteiger partial charge in [-0.05, 0) is 55.8 Å². The van der Waals surface area contributed by atoms with Crippen molar-refractivity contribution in [3.8, 4) is 0 Å². The van der Waals surface area contributed by atoms with Gasteiger partial charge in [0.15, 0.2) is 5.71 Å². The van der Waals surface area contributed by atoms with E-state index in [1.165, 1.54) is 13.2 Å². The molecule has 0 saturated heterocycles. The number of amides is 2. The van der Waals surface area contributed by atoms with Crippen LogP contribution in [0.5, 0.6) is 0 Å². The monoisotopic (exact) mass is 841 g/mol. The van der Waals surface area contributed by atoms with Gasteiger partial charge in [0.25, 0.3) is 0 Å². The van der Waals surface area contributed by atoms with E-state index in [9.17, 15) is 36.0 Å². The van der Waals surface area contributed by atoms with Gasteiger partial charge in [0.2, 0.25) is 37.5 Å². The molecule has 0 bridgehead atoms. The number of methoxy groups -OCH3 is 1. The maximum absolute atomic E-state index is 13.2. The fourth-order valence-electron chi connectivity index (χ4n) is 6.98. The number of nitrogens with one attached hydrogen (secondary N) is 4. The number of anilines is 1. The van der Waals surface area contributed by atoms with Gasteiger partial charge in [-0.25, -0.2) is 26.3 Å². The number of hydrogen-bond acceptors (Lipinski definition) is 10. The Hall–Kier alpha value is -5.17. The van der Waals surface area contributed by atoms with Crippen LogP contribution in [0.3, 0.4) is 0 Å². The van der Waals surface area contributed by atoms with Crippen molar-refractivity contribution >= 4 is 60.9 Å². The van der Waals surface area contributed by atoms with E-state index in [1.54, 1.807) is 30.3 Å². The Labute approximate surface area is 340 Å². The van der Waals surface area contributed by atoms with E-state index >= 15 is 0 Å². The number of aliphatic carboxylic acids is 1. The largest absolute Gasteiger partial charge is 0.481 e. The van der Waals surface area contributed by atoms with Crippen LogP contribution in [0.1, 0.15) is 64.5 Å². The molecule has 0 aliphatic carbocycles. The lowest BCUT2D eigenvalue weighted by atomic mass is 9.81. The molecule has 0 radical (unpaired) electrons. The van der Waals surface area contributed by atoms with Crippen molar-refractivity contribution in [2.75, 3.05) is 52.3 Å². The molecule has 2 aliphatic heterocycles. The first-order chi connectivity index (χ1) is 27.1. The summed E-state index contributed by atoms with van der Waals surface area (Å²) < 4.78 is 64.1. The summed E-state index contributed by atoms with van der Waals surface area (Å²) in [6.07, 6.45) is 9.07. The highest BCUT2D eigenvalue weighted by molar-refractivity contribution is 7.89. The van der Waals surface area contributed by atoms with Crippen molar-refractivity contribution in [2.24, 2.45) is 0 Å². The highest BCUT2D eigenvalue weighted by atomic mass is 32.2. The van der Waals surface area contributed by atoms with Crippen LogP contribution in [0.2, 0.25) is 0 Å². The summed E-state index contributed by atoms with van der Waals surface area (Å²) in [6, 6.07) is 9.94. The van der Waals surface area contributed by atoms with Gasteiger partial charge in [-0.3, -0.25) is 19.2 Å². The van der Waals surface area contributed by atoms with Gasteiger partial charge in [0.05, 0.1) is 35.2 Å². The summed E-state index contributed by atoms with van der Waals surface area (Å²) in [7, 11) is -2.70. The average molecular weight is 842 g/mol. The van der Waals surface area contributed by atoms with Crippen LogP contribution < -0.4 is 25.0 Å². The molecule has 0 spiro atoms. The molecule has 2 aliphatic rings. The number of carbonyl (C=O) groups excluding carboxylic acids is 3. The minimum atomic E-state index is -3.90. The number of rotatable bonds is 19. The normalized spacial score (nSPS) is 16.5. The third-order valence-electron chi connectivity index (χ3n) is 10.2. The van der Waals surface area contributed by atoms with Gasteiger partial charge in [-0.1, -0.05) is 32.1 Å². The summed E-state index contributed by atoms with van der Waals surface area (Å²) >= 11 is 0. The van der Waals surface area contributed by atoms with Gasteiger partial charge < -0.3 is 25.4 Å². The highest BCUT2D eigenvalue weighted by Gasteiger charge is 2.44. The molecule has 0 unspecified atom stereocenters. The Morgan fingerprint density at radius 3 is 1.88 bits per heavy atom. The number of benzene rings is 2. The molecule has 2 heterocycles. The Kier molecular flexibility index (Phi) is 14.6. The quantitative estimate of drug-likeness (QED) is 0.0599. The van der Waals surface area contributed by atoms with Gasteiger partial charge >= 0.3 is 11.9 Å². The molecule has 0 atom stereocenters. The zero-order valence-corrected chi connectivity index (χ0v) is 35.5. The Bertz CT molecular complexity index is 2290. The van der Waals surface area contributed by atoms with Crippen molar-refractivity contribution in [2.45, 2.75) is 74.0 Å². The van der Waals surface area contributed by atoms with Crippen LogP contribution in [0.25, 0.3) is 0 Å². The zero-order valence-electron chi connectivity index (χ0n) is 33.8. The number of allylic oxidation sites excluding steroid dienone is 6. The number of esters is 1. The summed E-state index contributed by atoms with van der Waals surface area (Å²) in [5, 5.41) is 13.8. The van der Waals surface area contributed by atoms with E-state index in [-0.39, 0.29) is 67.6 Å². The third kappa shape index (κ3) is 10.7. The number of carboxylic acid groups (broad SMARTS) is 1. The van der Waals surface area contributed by atoms with Crippen LogP contribution in [-0.2, 0) is 54.8 Å². The summed E-state index contributed by atoms with van der Waals surface area (Å²) in [6.45, 7) is 8.06. The number of nitrogens with zero attached hydrogens (tertiary/aromatic N) is 2. The first-order valence-electron chi connectivity index (χ1n) is 18.6. The number of sulfonamides is 2. The fraction of sp³-hybridized carbons (Fsp3) is 0.425. The van der Waals surface area contributed by atoms with Gasteiger partial charge in [-0.2, -0.15) is 4.58 Å². The molecule has 0 saturated carbocycles. The number of hydrogen-bond donors (Lipinski definition) is 5. The molecule has 2 amide bonds. The van der Waals surface area contributed by atoms with Gasteiger partial charge in [0, 0.05) is 80.6 Å². The number of fused-ring (bicyclic) bond motifs is 2. The predicted molar refractivity (Wildman–Crippen MR) is 219 cm³/mol. The van der Waals surface area contributed by atoms with E-state index in [0.717, 1.165) is 33.9 Å². The summed E-state index contributed by atoms with van der Waals surface area (Å²) in [5.74, 6) is -2.45.